The van der Waals surface area contributed by atoms with Crippen molar-refractivity contribution in [3.05, 3.63) is 24.3 Å². The van der Waals surface area contributed by atoms with E-state index in [0.29, 0.717) is 5.92 Å². The predicted molar refractivity (Wildman–Crippen MR) is 74.9 cm³/mol. The van der Waals surface area contributed by atoms with Gasteiger partial charge in [0.05, 0.1) is 0 Å². The van der Waals surface area contributed by atoms with Gasteiger partial charge < -0.3 is 15.4 Å². The van der Waals surface area contributed by atoms with E-state index in [1.807, 2.05) is 24.3 Å². The second kappa shape index (κ2) is 7.71. The number of nitrogens with one attached hydrogen (secondary N) is 2. The molecule has 2 N–H and O–H groups in total. The smallest absolute Gasteiger partial charge is 0.250 e. The molecule has 18 heavy (non-hydrogen) atoms. The quantitative estimate of drug-likeness (QED) is 0.782. The van der Waals surface area contributed by atoms with Gasteiger partial charge in [0.25, 0.3) is 0 Å². The number of hydrogen-bond donors (Lipinski definition) is 2. The van der Waals surface area contributed by atoms with Gasteiger partial charge in [-0.2, -0.15) is 0 Å². The van der Waals surface area contributed by atoms with E-state index in [2.05, 4.69) is 24.5 Å². The molecule has 100 valence electrons. The fourth-order valence-corrected chi connectivity index (χ4v) is 1.44. The summed E-state index contributed by atoms with van der Waals surface area (Å²) in [5, 5.41) is 6.12. The molecule has 0 bridgehead atoms. The maximum atomic E-state index is 11.3. The van der Waals surface area contributed by atoms with Crippen molar-refractivity contribution >= 4 is 17.3 Å². The van der Waals surface area contributed by atoms with Gasteiger partial charge in [-0.1, -0.05) is 20.3 Å². The first-order valence-electron chi connectivity index (χ1n) is 6.28. The lowest BCUT2D eigenvalue weighted by molar-refractivity contribution is -0.119. The topological polar surface area (TPSA) is 50.4 Å². The lowest BCUT2D eigenvalue weighted by Gasteiger charge is -2.12. The molecule has 4 heteroatoms. The van der Waals surface area contributed by atoms with Gasteiger partial charge in [-0.3, -0.25) is 4.79 Å². The van der Waals surface area contributed by atoms with Crippen LogP contribution in [0.1, 0.15) is 20.3 Å². The molecule has 1 aromatic carbocycles. The molecular weight excluding hydrogens is 228 g/mol. The summed E-state index contributed by atoms with van der Waals surface area (Å²) in [5.41, 5.74) is 1.85. The molecule has 1 aromatic rings. The highest BCUT2D eigenvalue weighted by Gasteiger charge is 2.02. The van der Waals surface area contributed by atoms with Crippen LogP contribution in [0.4, 0.5) is 11.4 Å². The number of ether oxygens (including phenoxy) is 1. The number of rotatable bonds is 7. The number of hydrogen-bond acceptors (Lipinski definition) is 3. The Morgan fingerprint density at radius 1 is 1.28 bits per heavy atom. The molecule has 0 saturated carbocycles. The molecule has 1 rings (SSSR count). The van der Waals surface area contributed by atoms with Crippen molar-refractivity contribution in [2.24, 2.45) is 5.92 Å². The minimum Gasteiger partial charge on any atom is -0.385 e. The summed E-state index contributed by atoms with van der Waals surface area (Å²) in [5.74, 6) is 0.517. The first-order valence-corrected chi connectivity index (χ1v) is 6.28. The van der Waals surface area contributed by atoms with E-state index in [9.17, 15) is 4.79 Å². The van der Waals surface area contributed by atoms with Crippen molar-refractivity contribution in [2.75, 3.05) is 30.9 Å². The highest BCUT2D eigenvalue weighted by molar-refractivity contribution is 5.91. The summed E-state index contributed by atoms with van der Waals surface area (Å²) in [6, 6.07) is 7.69. The number of methoxy groups -OCH3 is 1. The standard InChI is InChI=1S/C14H22N2O2/c1-4-11(2)9-15-12-5-7-13(8-6-12)16-14(17)10-18-3/h5-8,11,15H,4,9-10H2,1-3H3,(H,16,17). The molecule has 1 unspecified atom stereocenters. The SMILES string of the molecule is CCC(C)CNc1ccc(NC(=O)COC)cc1. The highest BCUT2D eigenvalue weighted by atomic mass is 16.5. The fourth-order valence-electron chi connectivity index (χ4n) is 1.44. The molecule has 0 saturated heterocycles. The van der Waals surface area contributed by atoms with E-state index in [1.54, 1.807) is 0 Å². The Morgan fingerprint density at radius 3 is 2.44 bits per heavy atom. The number of amides is 1. The van der Waals surface area contributed by atoms with E-state index >= 15 is 0 Å². The van der Waals surface area contributed by atoms with Crippen LogP contribution in [0.25, 0.3) is 0 Å². The van der Waals surface area contributed by atoms with Gasteiger partial charge in [-0.25, -0.2) is 0 Å². The molecule has 0 aromatic heterocycles. The number of anilines is 2. The molecule has 0 aliphatic rings. The summed E-state index contributed by atoms with van der Waals surface area (Å²) in [4.78, 5) is 11.3. The molecule has 0 spiro atoms. The maximum absolute atomic E-state index is 11.3. The van der Waals surface area contributed by atoms with Crippen molar-refractivity contribution < 1.29 is 9.53 Å². The molecule has 0 radical (unpaired) electrons. The Labute approximate surface area is 109 Å². The van der Waals surface area contributed by atoms with Gasteiger partial charge in [0, 0.05) is 25.0 Å². The summed E-state index contributed by atoms with van der Waals surface area (Å²) in [6.45, 7) is 5.44. The monoisotopic (exact) mass is 250 g/mol. The Bertz CT molecular complexity index is 363. The average molecular weight is 250 g/mol. The molecule has 0 heterocycles. The predicted octanol–water partition coefficient (Wildman–Crippen LogP) is 2.73. The first kappa shape index (κ1) is 14.5. The highest BCUT2D eigenvalue weighted by Crippen LogP contribution is 2.14. The third-order valence-electron chi connectivity index (χ3n) is 2.80. The van der Waals surface area contributed by atoms with E-state index in [0.717, 1.165) is 24.3 Å². The molecule has 0 aliphatic heterocycles. The van der Waals surface area contributed by atoms with Crippen LogP contribution < -0.4 is 10.6 Å². The minimum absolute atomic E-state index is 0.0774. The molecule has 1 atom stereocenters. The van der Waals surface area contributed by atoms with Crippen molar-refractivity contribution in [1.29, 1.82) is 0 Å². The van der Waals surface area contributed by atoms with Crippen LogP contribution in [-0.4, -0.2) is 26.2 Å². The van der Waals surface area contributed by atoms with E-state index in [-0.39, 0.29) is 12.5 Å². The lowest BCUT2D eigenvalue weighted by atomic mass is 10.1. The summed E-state index contributed by atoms with van der Waals surface area (Å²) in [7, 11) is 1.50. The number of carbonyl (C=O) groups is 1. The fraction of sp³-hybridized carbons (Fsp3) is 0.500. The molecular formula is C14H22N2O2. The van der Waals surface area contributed by atoms with Crippen LogP contribution >= 0.6 is 0 Å². The molecule has 1 amide bonds. The number of benzene rings is 1. The first-order chi connectivity index (χ1) is 8.65. The summed E-state index contributed by atoms with van der Waals surface area (Å²) >= 11 is 0. The zero-order valence-corrected chi connectivity index (χ0v) is 11.3. The Morgan fingerprint density at radius 2 is 1.89 bits per heavy atom. The third kappa shape index (κ3) is 5.19. The van der Waals surface area contributed by atoms with Gasteiger partial charge in [-0.15, -0.1) is 0 Å². The average Bonchev–Trinajstić information content (AvgIpc) is 2.37. The number of carbonyl (C=O) groups excluding carboxylic acids is 1. The van der Waals surface area contributed by atoms with Gasteiger partial charge in [0.1, 0.15) is 6.61 Å². The Kier molecular flexibility index (Phi) is 6.22. The van der Waals surface area contributed by atoms with Crippen molar-refractivity contribution in [3.8, 4) is 0 Å². The molecule has 0 aliphatic carbocycles. The van der Waals surface area contributed by atoms with Crippen molar-refractivity contribution in [2.45, 2.75) is 20.3 Å². The van der Waals surface area contributed by atoms with Gasteiger partial charge in [0.2, 0.25) is 5.91 Å². The largest absolute Gasteiger partial charge is 0.385 e. The Balaban J connectivity index is 2.44. The van der Waals surface area contributed by atoms with E-state index < -0.39 is 0 Å². The summed E-state index contributed by atoms with van der Waals surface area (Å²) in [6.07, 6.45) is 1.16. The van der Waals surface area contributed by atoms with Gasteiger partial charge in [0.15, 0.2) is 0 Å². The second-order valence-corrected chi connectivity index (χ2v) is 4.45. The van der Waals surface area contributed by atoms with E-state index in [4.69, 9.17) is 4.74 Å². The maximum Gasteiger partial charge on any atom is 0.250 e. The second-order valence-electron chi connectivity index (χ2n) is 4.45. The van der Waals surface area contributed by atoms with Crippen LogP contribution in [-0.2, 0) is 9.53 Å². The Hall–Kier alpha value is -1.55. The van der Waals surface area contributed by atoms with Crippen molar-refractivity contribution in [1.82, 2.24) is 0 Å². The van der Waals surface area contributed by atoms with Crippen LogP contribution in [0.2, 0.25) is 0 Å². The van der Waals surface area contributed by atoms with Crippen molar-refractivity contribution in [3.63, 3.8) is 0 Å². The van der Waals surface area contributed by atoms with Gasteiger partial charge in [-0.05, 0) is 30.2 Å². The zero-order chi connectivity index (χ0) is 13.4. The minimum atomic E-state index is -0.141. The van der Waals surface area contributed by atoms with Crippen LogP contribution in [0.5, 0.6) is 0 Å². The van der Waals surface area contributed by atoms with Crippen LogP contribution in [0, 0.1) is 5.92 Å². The molecule has 0 fully saturated rings. The normalized spacial score (nSPS) is 11.9. The van der Waals surface area contributed by atoms with Crippen LogP contribution in [0.15, 0.2) is 24.3 Å². The van der Waals surface area contributed by atoms with Gasteiger partial charge >= 0.3 is 0 Å². The molecule has 4 nitrogen and oxygen atoms in total. The van der Waals surface area contributed by atoms with E-state index in [1.165, 1.54) is 7.11 Å². The summed E-state index contributed by atoms with van der Waals surface area (Å²) < 4.78 is 4.75. The zero-order valence-electron chi connectivity index (χ0n) is 11.3. The third-order valence-corrected chi connectivity index (χ3v) is 2.80. The lowest BCUT2D eigenvalue weighted by Crippen LogP contribution is -2.17. The van der Waals surface area contributed by atoms with Crippen LogP contribution in [0.3, 0.4) is 0 Å².